The van der Waals surface area contributed by atoms with E-state index in [1.165, 1.54) is 12.8 Å². The highest BCUT2D eigenvalue weighted by Gasteiger charge is 2.41. The number of nitrogens with one attached hydrogen (secondary N) is 1. The van der Waals surface area contributed by atoms with Gasteiger partial charge < -0.3 is 29.4 Å². The van der Waals surface area contributed by atoms with Crippen molar-refractivity contribution < 1.29 is 19.1 Å². The van der Waals surface area contributed by atoms with Gasteiger partial charge in [-0.2, -0.15) is 4.98 Å². The lowest BCUT2D eigenvalue weighted by Crippen LogP contribution is -2.55. The Kier molecular flexibility index (Phi) is 7.76. The number of hydrogen-bond acceptors (Lipinski definition) is 11. The van der Waals surface area contributed by atoms with E-state index < -0.39 is 0 Å². The molecule has 0 bridgehead atoms. The first-order valence-corrected chi connectivity index (χ1v) is 14.6. The highest BCUT2D eigenvalue weighted by Crippen LogP contribution is 2.40. The molecule has 1 saturated carbocycles. The molecule has 2 aliphatic heterocycles. The molecule has 6 rings (SSSR count). The van der Waals surface area contributed by atoms with Crippen molar-refractivity contribution in [1.82, 2.24) is 25.1 Å². The SMILES string of the molecule is CC[C@@H]1C(=O)N(C)c2cnc(Nc3ccc(-c4nnc(CN5CCC[C@H]5CO)o4)cc3OC)nc2N1C1CCCC1. The fraction of sp³-hybridized carbons (Fsp3) is 0.552. The number of methoxy groups -OCH3 is 1. The molecule has 1 saturated heterocycles. The number of rotatable bonds is 9. The summed E-state index contributed by atoms with van der Waals surface area (Å²) in [5, 5.41) is 21.4. The number of benzene rings is 1. The number of nitrogens with zero attached hydrogens (tertiary/aromatic N) is 7. The molecular formula is C29H38N8O4. The standard InChI is InChI=1S/C29H38N8O4/c1-4-22-28(39)35(2)23-15-30-29(32-26(23)37(22)19-8-5-6-9-19)31-21-12-11-18(14-24(21)40-3)27-34-33-25(41-27)16-36-13-7-10-20(36)17-38/h11-12,14-15,19-20,22,38H,4-10,13,16-17H2,1-3H3,(H,30,31,32)/t20-,22+/m0/s1. The molecule has 0 spiro atoms. The van der Waals surface area contributed by atoms with E-state index in [1.807, 2.05) is 18.2 Å². The lowest BCUT2D eigenvalue weighted by molar-refractivity contribution is -0.120. The molecule has 41 heavy (non-hydrogen) atoms. The summed E-state index contributed by atoms with van der Waals surface area (Å²) in [5.74, 6) is 2.81. The van der Waals surface area contributed by atoms with E-state index in [0.717, 1.165) is 55.7 Å². The van der Waals surface area contributed by atoms with Gasteiger partial charge in [0.25, 0.3) is 0 Å². The number of fused-ring (bicyclic) bond motifs is 1. The van der Waals surface area contributed by atoms with E-state index in [0.29, 0.717) is 41.8 Å². The van der Waals surface area contributed by atoms with Gasteiger partial charge in [0.2, 0.25) is 23.6 Å². The fourth-order valence-corrected chi connectivity index (χ4v) is 6.41. The van der Waals surface area contributed by atoms with Crippen molar-refractivity contribution in [3.05, 3.63) is 30.3 Å². The van der Waals surface area contributed by atoms with Gasteiger partial charge in [-0.3, -0.25) is 9.69 Å². The molecule has 2 atom stereocenters. The molecular weight excluding hydrogens is 524 g/mol. The van der Waals surface area contributed by atoms with Crippen LogP contribution in [0.4, 0.5) is 23.1 Å². The highest BCUT2D eigenvalue weighted by molar-refractivity contribution is 6.04. The molecule has 0 radical (unpaired) electrons. The van der Waals surface area contributed by atoms with Crippen molar-refractivity contribution >= 4 is 29.0 Å². The second-order valence-corrected chi connectivity index (χ2v) is 11.1. The number of carbonyl (C=O) groups is 1. The molecule has 0 unspecified atom stereocenters. The van der Waals surface area contributed by atoms with Crippen LogP contribution in [0.3, 0.4) is 0 Å². The molecule has 1 aromatic carbocycles. The van der Waals surface area contributed by atoms with Gasteiger partial charge >= 0.3 is 0 Å². The molecule has 218 valence electrons. The molecule has 3 aromatic rings. The average Bonchev–Trinajstić information content (AvgIpc) is 3.78. The zero-order valence-corrected chi connectivity index (χ0v) is 23.9. The van der Waals surface area contributed by atoms with Gasteiger partial charge in [-0.15, -0.1) is 10.2 Å². The van der Waals surface area contributed by atoms with Gasteiger partial charge in [0.1, 0.15) is 17.5 Å². The Morgan fingerprint density at radius 2 is 2.00 bits per heavy atom. The minimum atomic E-state index is -0.230. The summed E-state index contributed by atoms with van der Waals surface area (Å²) in [4.78, 5) is 28.7. The average molecular weight is 563 g/mol. The fourth-order valence-electron chi connectivity index (χ4n) is 6.41. The molecule has 12 heteroatoms. The Labute approximate surface area is 239 Å². The second-order valence-electron chi connectivity index (χ2n) is 11.1. The number of aliphatic hydroxyl groups is 1. The Hall–Kier alpha value is -3.77. The topological polar surface area (TPSA) is 133 Å². The number of aromatic nitrogens is 4. The molecule has 12 nitrogen and oxygen atoms in total. The molecule has 1 amide bonds. The monoisotopic (exact) mass is 562 g/mol. The Morgan fingerprint density at radius 1 is 1.17 bits per heavy atom. The highest BCUT2D eigenvalue weighted by atomic mass is 16.5. The van der Waals surface area contributed by atoms with E-state index in [1.54, 1.807) is 25.3 Å². The maximum absolute atomic E-state index is 13.2. The quantitative estimate of drug-likeness (QED) is 0.395. The number of likely N-dealkylation sites (tertiary alicyclic amines) is 1. The summed E-state index contributed by atoms with van der Waals surface area (Å²) in [6, 6.07) is 5.81. The van der Waals surface area contributed by atoms with Crippen molar-refractivity contribution in [2.75, 3.05) is 42.4 Å². The van der Waals surface area contributed by atoms with Gasteiger partial charge in [0, 0.05) is 24.7 Å². The lowest BCUT2D eigenvalue weighted by Gasteiger charge is -2.43. The summed E-state index contributed by atoms with van der Waals surface area (Å²) < 4.78 is 11.7. The third-order valence-electron chi connectivity index (χ3n) is 8.62. The Bertz CT molecular complexity index is 1390. The maximum atomic E-state index is 13.2. The Balaban J connectivity index is 1.24. The van der Waals surface area contributed by atoms with E-state index in [-0.39, 0.29) is 24.6 Å². The van der Waals surface area contributed by atoms with Crippen LogP contribution in [0.2, 0.25) is 0 Å². The Morgan fingerprint density at radius 3 is 2.76 bits per heavy atom. The second kappa shape index (κ2) is 11.6. The summed E-state index contributed by atoms with van der Waals surface area (Å²) in [7, 11) is 3.40. The van der Waals surface area contributed by atoms with Crippen LogP contribution in [-0.4, -0.2) is 81.5 Å². The number of likely N-dealkylation sites (N-methyl/N-ethyl adjacent to an activating group) is 1. The summed E-state index contributed by atoms with van der Waals surface area (Å²) in [5.41, 5.74) is 2.15. The van der Waals surface area contributed by atoms with Crippen molar-refractivity contribution in [1.29, 1.82) is 0 Å². The first kappa shape index (κ1) is 27.4. The predicted octanol–water partition coefficient (Wildman–Crippen LogP) is 3.74. The number of amides is 1. The molecule has 2 aromatic heterocycles. The molecule has 1 aliphatic carbocycles. The molecule has 3 aliphatic rings. The van der Waals surface area contributed by atoms with Gasteiger partial charge in [0.05, 0.1) is 32.1 Å². The van der Waals surface area contributed by atoms with Crippen LogP contribution in [-0.2, 0) is 11.3 Å². The number of hydrogen-bond donors (Lipinski definition) is 2. The van der Waals surface area contributed by atoms with Crippen LogP contribution >= 0.6 is 0 Å². The summed E-state index contributed by atoms with van der Waals surface area (Å²) in [6.07, 6.45) is 8.93. The minimum absolute atomic E-state index is 0.0892. The van der Waals surface area contributed by atoms with E-state index in [4.69, 9.17) is 14.1 Å². The van der Waals surface area contributed by atoms with Gasteiger partial charge in [-0.25, -0.2) is 4.98 Å². The maximum Gasteiger partial charge on any atom is 0.249 e. The van der Waals surface area contributed by atoms with Gasteiger partial charge in [-0.05, 0) is 56.8 Å². The van der Waals surface area contributed by atoms with Crippen LogP contribution < -0.4 is 19.9 Å². The summed E-state index contributed by atoms with van der Waals surface area (Å²) >= 11 is 0. The van der Waals surface area contributed by atoms with E-state index in [2.05, 4.69) is 37.2 Å². The third-order valence-corrected chi connectivity index (χ3v) is 8.62. The normalized spacial score (nSPS) is 21.5. The van der Waals surface area contributed by atoms with Crippen molar-refractivity contribution in [2.24, 2.45) is 0 Å². The molecule has 2 N–H and O–H groups in total. The van der Waals surface area contributed by atoms with Crippen molar-refractivity contribution in [2.45, 2.75) is 76.5 Å². The number of anilines is 4. The van der Waals surface area contributed by atoms with Crippen molar-refractivity contribution in [3.8, 4) is 17.2 Å². The molecule has 2 fully saturated rings. The zero-order valence-electron chi connectivity index (χ0n) is 23.9. The number of aliphatic hydroxyl groups excluding tert-OH is 1. The predicted molar refractivity (Wildman–Crippen MR) is 154 cm³/mol. The van der Waals surface area contributed by atoms with E-state index in [9.17, 15) is 9.90 Å². The number of carbonyl (C=O) groups excluding carboxylic acids is 1. The zero-order chi connectivity index (χ0) is 28.5. The summed E-state index contributed by atoms with van der Waals surface area (Å²) in [6.45, 7) is 3.61. The number of ether oxygens (including phenoxy) is 1. The third kappa shape index (κ3) is 5.21. The van der Waals surface area contributed by atoms with Crippen LogP contribution in [0, 0.1) is 0 Å². The molecule has 4 heterocycles. The minimum Gasteiger partial charge on any atom is -0.495 e. The van der Waals surface area contributed by atoms with E-state index >= 15 is 0 Å². The van der Waals surface area contributed by atoms with Gasteiger partial charge in [-0.1, -0.05) is 19.8 Å². The van der Waals surface area contributed by atoms with Crippen LogP contribution in [0.25, 0.3) is 11.5 Å². The van der Waals surface area contributed by atoms with Crippen LogP contribution in [0.1, 0.15) is 57.8 Å². The first-order valence-electron chi connectivity index (χ1n) is 14.6. The van der Waals surface area contributed by atoms with Crippen LogP contribution in [0.5, 0.6) is 5.75 Å². The van der Waals surface area contributed by atoms with Crippen molar-refractivity contribution in [3.63, 3.8) is 0 Å². The van der Waals surface area contributed by atoms with Crippen LogP contribution in [0.15, 0.2) is 28.8 Å². The lowest BCUT2D eigenvalue weighted by atomic mass is 10.0. The smallest absolute Gasteiger partial charge is 0.249 e. The largest absolute Gasteiger partial charge is 0.495 e. The first-order chi connectivity index (χ1) is 20.0. The van der Waals surface area contributed by atoms with Gasteiger partial charge in [0.15, 0.2) is 5.82 Å².